The van der Waals surface area contributed by atoms with Gasteiger partial charge in [0.15, 0.2) is 0 Å². The van der Waals surface area contributed by atoms with E-state index in [1.807, 2.05) is 18.9 Å². The second kappa shape index (κ2) is 6.73. The minimum atomic E-state index is 0.0707. The molecule has 0 fully saturated rings. The lowest BCUT2D eigenvalue weighted by Gasteiger charge is -2.23. The van der Waals surface area contributed by atoms with Gasteiger partial charge in [0.1, 0.15) is 0 Å². The Morgan fingerprint density at radius 1 is 1.64 bits per heavy atom. The van der Waals surface area contributed by atoms with Gasteiger partial charge < -0.3 is 11.1 Å². The van der Waals surface area contributed by atoms with Crippen LogP contribution >= 0.6 is 12.2 Å². The van der Waals surface area contributed by atoms with E-state index in [-0.39, 0.29) is 11.9 Å². The standard InChI is InChI=1S/C9H19N3OS/c1-7(9(10)14)12(3)6-4-5-8(13)11-2/h7H,4-6H2,1-3H3,(H2,10,14)(H,11,13). The summed E-state index contributed by atoms with van der Waals surface area (Å²) in [4.78, 5) is 13.5. The zero-order valence-electron chi connectivity index (χ0n) is 9.04. The van der Waals surface area contributed by atoms with Crippen LogP contribution in [0.2, 0.25) is 0 Å². The van der Waals surface area contributed by atoms with Gasteiger partial charge in [-0.05, 0) is 26.9 Å². The number of rotatable bonds is 6. The van der Waals surface area contributed by atoms with E-state index in [1.54, 1.807) is 7.05 Å². The Bertz CT molecular complexity index is 208. The molecule has 14 heavy (non-hydrogen) atoms. The topological polar surface area (TPSA) is 58.4 Å². The highest BCUT2D eigenvalue weighted by atomic mass is 32.1. The Kier molecular flexibility index (Phi) is 6.40. The molecule has 0 aromatic heterocycles. The lowest BCUT2D eigenvalue weighted by atomic mass is 10.2. The monoisotopic (exact) mass is 217 g/mol. The molecule has 0 heterocycles. The Labute approximate surface area is 90.8 Å². The number of likely N-dealkylation sites (N-methyl/N-ethyl adjacent to an activating group) is 1. The summed E-state index contributed by atoms with van der Waals surface area (Å²) in [6.07, 6.45) is 1.37. The van der Waals surface area contributed by atoms with Crippen LogP contribution in [0.25, 0.3) is 0 Å². The molecule has 0 aliphatic rings. The fourth-order valence-electron chi connectivity index (χ4n) is 1.02. The molecule has 5 heteroatoms. The number of nitrogens with two attached hydrogens (primary N) is 1. The molecule has 0 aliphatic carbocycles. The van der Waals surface area contributed by atoms with Gasteiger partial charge >= 0.3 is 0 Å². The van der Waals surface area contributed by atoms with Crippen molar-refractivity contribution in [3.8, 4) is 0 Å². The molecule has 0 aromatic carbocycles. The quantitative estimate of drug-likeness (QED) is 0.620. The fourth-order valence-corrected chi connectivity index (χ4v) is 1.20. The van der Waals surface area contributed by atoms with Crippen LogP contribution in [-0.4, -0.2) is 42.5 Å². The normalized spacial score (nSPS) is 12.6. The lowest BCUT2D eigenvalue weighted by molar-refractivity contribution is -0.120. The molecule has 1 amide bonds. The van der Waals surface area contributed by atoms with Gasteiger partial charge in [-0.3, -0.25) is 9.69 Å². The largest absolute Gasteiger partial charge is 0.392 e. The molecule has 1 unspecified atom stereocenters. The average molecular weight is 217 g/mol. The second-order valence-electron chi connectivity index (χ2n) is 3.34. The SMILES string of the molecule is CNC(=O)CCCN(C)C(C)C(N)=S. The third kappa shape index (κ3) is 5.14. The maximum absolute atomic E-state index is 10.9. The Hall–Kier alpha value is -0.680. The molecule has 0 bridgehead atoms. The molecule has 0 aromatic rings. The second-order valence-corrected chi connectivity index (χ2v) is 3.81. The highest BCUT2D eigenvalue weighted by molar-refractivity contribution is 7.80. The van der Waals surface area contributed by atoms with Crippen molar-refractivity contribution in [1.29, 1.82) is 0 Å². The van der Waals surface area contributed by atoms with E-state index >= 15 is 0 Å². The Morgan fingerprint density at radius 3 is 2.64 bits per heavy atom. The van der Waals surface area contributed by atoms with Gasteiger partial charge in [0.2, 0.25) is 5.91 Å². The molecule has 0 saturated heterocycles. The van der Waals surface area contributed by atoms with Crippen LogP contribution in [0, 0.1) is 0 Å². The number of thiocarbonyl (C=S) groups is 1. The van der Waals surface area contributed by atoms with Crippen LogP contribution in [0.3, 0.4) is 0 Å². The van der Waals surface area contributed by atoms with E-state index in [0.717, 1.165) is 13.0 Å². The lowest BCUT2D eigenvalue weighted by Crippen LogP contribution is -2.39. The van der Waals surface area contributed by atoms with Gasteiger partial charge in [0.05, 0.1) is 11.0 Å². The number of nitrogens with zero attached hydrogens (tertiary/aromatic N) is 1. The summed E-state index contributed by atoms with van der Waals surface area (Å²) in [5, 5.41) is 2.58. The summed E-state index contributed by atoms with van der Waals surface area (Å²) in [6, 6.07) is 0.0923. The molecule has 0 saturated carbocycles. The molecule has 3 N–H and O–H groups in total. The fraction of sp³-hybridized carbons (Fsp3) is 0.778. The first-order valence-electron chi connectivity index (χ1n) is 4.69. The highest BCUT2D eigenvalue weighted by Gasteiger charge is 2.11. The zero-order valence-corrected chi connectivity index (χ0v) is 9.86. The van der Waals surface area contributed by atoms with Crippen molar-refractivity contribution < 1.29 is 4.79 Å². The number of carbonyl (C=O) groups is 1. The maximum Gasteiger partial charge on any atom is 0.219 e. The summed E-state index contributed by atoms with van der Waals surface area (Å²) in [5.41, 5.74) is 5.51. The van der Waals surface area contributed by atoms with Crippen LogP contribution in [0.15, 0.2) is 0 Å². The van der Waals surface area contributed by atoms with Crippen molar-refractivity contribution in [1.82, 2.24) is 10.2 Å². The maximum atomic E-state index is 10.9. The highest BCUT2D eigenvalue weighted by Crippen LogP contribution is 1.99. The van der Waals surface area contributed by atoms with E-state index in [4.69, 9.17) is 18.0 Å². The van der Waals surface area contributed by atoms with Gasteiger partial charge in [0, 0.05) is 13.5 Å². The number of carbonyl (C=O) groups excluding carboxylic acids is 1. The molecule has 82 valence electrons. The van der Waals surface area contributed by atoms with E-state index in [0.29, 0.717) is 11.4 Å². The molecule has 0 rings (SSSR count). The van der Waals surface area contributed by atoms with Gasteiger partial charge in [0.25, 0.3) is 0 Å². The van der Waals surface area contributed by atoms with Crippen LogP contribution in [-0.2, 0) is 4.79 Å². The number of hydrogen-bond acceptors (Lipinski definition) is 3. The molecular weight excluding hydrogens is 198 g/mol. The van der Waals surface area contributed by atoms with Crippen LogP contribution in [0.1, 0.15) is 19.8 Å². The molecular formula is C9H19N3OS. The molecule has 0 aliphatic heterocycles. The van der Waals surface area contributed by atoms with Crippen LogP contribution < -0.4 is 11.1 Å². The predicted octanol–water partition coefficient (Wildman–Crippen LogP) is 0.119. The van der Waals surface area contributed by atoms with Gasteiger partial charge in [-0.25, -0.2) is 0 Å². The molecule has 4 nitrogen and oxygen atoms in total. The van der Waals surface area contributed by atoms with Gasteiger partial charge in [-0.1, -0.05) is 12.2 Å². The van der Waals surface area contributed by atoms with E-state index in [2.05, 4.69) is 5.32 Å². The van der Waals surface area contributed by atoms with E-state index in [1.165, 1.54) is 0 Å². The number of hydrogen-bond donors (Lipinski definition) is 2. The summed E-state index contributed by atoms with van der Waals surface area (Å²) in [6.45, 7) is 2.79. The van der Waals surface area contributed by atoms with Crippen molar-refractivity contribution in [3.63, 3.8) is 0 Å². The third-order valence-corrected chi connectivity index (χ3v) is 2.61. The first-order valence-corrected chi connectivity index (χ1v) is 5.10. The van der Waals surface area contributed by atoms with Crippen molar-refractivity contribution in [3.05, 3.63) is 0 Å². The van der Waals surface area contributed by atoms with Gasteiger partial charge in [-0.2, -0.15) is 0 Å². The summed E-state index contributed by atoms with van der Waals surface area (Å²) < 4.78 is 0. The van der Waals surface area contributed by atoms with Gasteiger partial charge in [-0.15, -0.1) is 0 Å². The average Bonchev–Trinajstić information content (AvgIpc) is 2.15. The number of amides is 1. The summed E-state index contributed by atoms with van der Waals surface area (Å²) in [7, 11) is 3.59. The third-order valence-electron chi connectivity index (χ3n) is 2.27. The van der Waals surface area contributed by atoms with Crippen molar-refractivity contribution >= 4 is 23.1 Å². The minimum Gasteiger partial charge on any atom is -0.392 e. The summed E-state index contributed by atoms with van der Waals surface area (Å²) >= 11 is 4.88. The van der Waals surface area contributed by atoms with E-state index < -0.39 is 0 Å². The smallest absolute Gasteiger partial charge is 0.219 e. The number of nitrogens with one attached hydrogen (secondary N) is 1. The van der Waals surface area contributed by atoms with Crippen molar-refractivity contribution in [2.24, 2.45) is 5.73 Å². The first kappa shape index (κ1) is 13.3. The Morgan fingerprint density at radius 2 is 2.21 bits per heavy atom. The molecule has 0 radical (unpaired) electrons. The minimum absolute atomic E-state index is 0.0707. The predicted molar refractivity (Wildman–Crippen MR) is 62.2 cm³/mol. The van der Waals surface area contributed by atoms with Crippen LogP contribution in [0.5, 0.6) is 0 Å². The van der Waals surface area contributed by atoms with E-state index in [9.17, 15) is 4.79 Å². The molecule has 0 spiro atoms. The Balaban J connectivity index is 3.68. The van der Waals surface area contributed by atoms with Crippen molar-refractivity contribution in [2.45, 2.75) is 25.8 Å². The summed E-state index contributed by atoms with van der Waals surface area (Å²) in [5.74, 6) is 0.0707. The van der Waals surface area contributed by atoms with Crippen molar-refractivity contribution in [2.75, 3.05) is 20.6 Å². The molecule has 1 atom stereocenters. The zero-order chi connectivity index (χ0) is 11.1. The first-order chi connectivity index (χ1) is 6.49. The van der Waals surface area contributed by atoms with Crippen LogP contribution in [0.4, 0.5) is 0 Å².